The van der Waals surface area contributed by atoms with Crippen LogP contribution in [0.5, 0.6) is 5.75 Å². The fraction of sp³-hybridized carbons (Fsp3) is 0.0455. The van der Waals surface area contributed by atoms with Gasteiger partial charge >= 0.3 is 0 Å². The van der Waals surface area contributed by atoms with Gasteiger partial charge in [-0.05, 0) is 53.6 Å². The van der Waals surface area contributed by atoms with Gasteiger partial charge in [-0.25, -0.2) is 0 Å². The number of carbonyl (C=O) groups is 1. The maximum Gasteiger partial charge on any atom is 0.185 e. The van der Waals surface area contributed by atoms with Gasteiger partial charge in [-0.15, -0.1) is 0 Å². The third-order valence-corrected chi connectivity index (χ3v) is 4.21. The molecule has 0 saturated carbocycles. The highest BCUT2D eigenvalue weighted by molar-refractivity contribution is 9.10. The van der Waals surface area contributed by atoms with Crippen LogP contribution in [0.2, 0.25) is 0 Å². The van der Waals surface area contributed by atoms with Crippen LogP contribution in [0, 0.1) is 0 Å². The van der Waals surface area contributed by atoms with Crippen molar-refractivity contribution in [3.8, 4) is 5.75 Å². The van der Waals surface area contributed by atoms with Gasteiger partial charge in [0.05, 0.1) is 0 Å². The molecule has 0 aromatic heterocycles. The van der Waals surface area contributed by atoms with E-state index in [1.54, 1.807) is 18.2 Å². The van der Waals surface area contributed by atoms with E-state index in [2.05, 4.69) is 15.9 Å². The lowest BCUT2D eigenvalue weighted by Gasteiger charge is -2.06. The zero-order chi connectivity index (χ0) is 17.5. The summed E-state index contributed by atoms with van der Waals surface area (Å²) in [4.78, 5) is 12.1. The van der Waals surface area contributed by atoms with Gasteiger partial charge in [0.15, 0.2) is 5.78 Å². The van der Waals surface area contributed by atoms with Crippen LogP contribution < -0.4 is 4.74 Å². The van der Waals surface area contributed by atoms with Crippen LogP contribution in [0.25, 0.3) is 6.08 Å². The molecular formula is C22H17BrO2. The fourth-order valence-corrected chi connectivity index (χ4v) is 2.56. The quantitative estimate of drug-likeness (QED) is 0.384. The molecule has 0 amide bonds. The van der Waals surface area contributed by atoms with Crippen molar-refractivity contribution in [2.45, 2.75) is 6.61 Å². The van der Waals surface area contributed by atoms with E-state index in [4.69, 9.17) is 4.74 Å². The first-order valence-corrected chi connectivity index (χ1v) is 8.75. The molecule has 0 atom stereocenters. The molecule has 0 fully saturated rings. The summed E-state index contributed by atoms with van der Waals surface area (Å²) in [6.45, 7) is 0.540. The standard InChI is InChI=1S/C22H17BrO2/c23-20-11-9-19(10-12-20)22(24)15-8-17-6-13-21(14-7-17)25-16-18-4-2-1-3-5-18/h1-15H,16H2/b15-8-. The van der Waals surface area contributed by atoms with E-state index in [1.807, 2.05) is 72.8 Å². The number of rotatable bonds is 6. The van der Waals surface area contributed by atoms with E-state index in [9.17, 15) is 4.79 Å². The molecule has 3 aromatic rings. The SMILES string of the molecule is O=C(/C=C\c1ccc(OCc2ccccc2)cc1)c1ccc(Br)cc1. The number of hydrogen-bond acceptors (Lipinski definition) is 2. The Balaban J connectivity index is 1.58. The Morgan fingerprint density at radius 2 is 1.56 bits per heavy atom. The minimum atomic E-state index is -0.0168. The number of halogens is 1. The van der Waals surface area contributed by atoms with E-state index in [0.29, 0.717) is 12.2 Å². The Morgan fingerprint density at radius 3 is 2.24 bits per heavy atom. The number of hydrogen-bond donors (Lipinski definition) is 0. The first-order chi connectivity index (χ1) is 12.2. The molecule has 25 heavy (non-hydrogen) atoms. The van der Waals surface area contributed by atoms with Crippen LogP contribution in [0.15, 0.2) is 89.4 Å². The Hall–Kier alpha value is -2.65. The van der Waals surface area contributed by atoms with Crippen molar-refractivity contribution in [3.63, 3.8) is 0 Å². The second-order valence-corrected chi connectivity index (χ2v) is 6.46. The predicted octanol–water partition coefficient (Wildman–Crippen LogP) is 5.92. The molecule has 0 saturated heterocycles. The maximum absolute atomic E-state index is 12.1. The molecular weight excluding hydrogens is 376 g/mol. The van der Waals surface area contributed by atoms with Crippen LogP contribution in [-0.4, -0.2) is 5.78 Å². The largest absolute Gasteiger partial charge is 0.489 e. The van der Waals surface area contributed by atoms with Crippen LogP contribution in [-0.2, 0) is 6.61 Å². The van der Waals surface area contributed by atoms with Crippen molar-refractivity contribution in [2.75, 3.05) is 0 Å². The summed E-state index contributed by atoms with van der Waals surface area (Å²) < 4.78 is 6.72. The zero-order valence-corrected chi connectivity index (χ0v) is 15.1. The molecule has 0 bridgehead atoms. The van der Waals surface area contributed by atoms with Crippen molar-refractivity contribution in [2.24, 2.45) is 0 Å². The van der Waals surface area contributed by atoms with E-state index < -0.39 is 0 Å². The summed E-state index contributed by atoms with van der Waals surface area (Å²) in [6.07, 6.45) is 3.40. The Kier molecular flexibility index (Phi) is 5.81. The van der Waals surface area contributed by atoms with Gasteiger partial charge in [-0.1, -0.05) is 64.5 Å². The van der Waals surface area contributed by atoms with Crippen LogP contribution >= 0.6 is 15.9 Å². The Morgan fingerprint density at radius 1 is 0.880 bits per heavy atom. The minimum Gasteiger partial charge on any atom is -0.489 e. The molecule has 0 aliphatic heterocycles. The summed E-state index contributed by atoms with van der Waals surface area (Å²) in [5.74, 6) is 0.789. The van der Waals surface area contributed by atoms with E-state index in [1.165, 1.54) is 0 Å². The third kappa shape index (κ3) is 5.16. The average Bonchev–Trinajstić information content (AvgIpc) is 2.67. The second kappa shape index (κ2) is 8.45. The van der Waals surface area contributed by atoms with Gasteiger partial charge in [0.2, 0.25) is 0 Å². The normalized spacial score (nSPS) is 10.8. The predicted molar refractivity (Wildman–Crippen MR) is 105 cm³/mol. The molecule has 3 heteroatoms. The van der Waals surface area contributed by atoms with Gasteiger partial charge in [0.1, 0.15) is 12.4 Å². The second-order valence-electron chi connectivity index (χ2n) is 5.55. The molecule has 0 aliphatic carbocycles. The minimum absolute atomic E-state index is 0.0168. The number of allylic oxidation sites excluding steroid dienone is 1. The summed E-state index contributed by atoms with van der Waals surface area (Å²) >= 11 is 3.36. The fourth-order valence-electron chi connectivity index (χ4n) is 2.30. The monoisotopic (exact) mass is 392 g/mol. The van der Waals surface area contributed by atoms with Crippen LogP contribution in [0.3, 0.4) is 0 Å². The van der Waals surface area contributed by atoms with Crippen molar-refractivity contribution in [1.82, 2.24) is 0 Å². The molecule has 0 N–H and O–H groups in total. The number of benzene rings is 3. The van der Waals surface area contributed by atoms with Crippen molar-refractivity contribution >= 4 is 27.8 Å². The molecule has 3 rings (SSSR count). The lowest BCUT2D eigenvalue weighted by Crippen LogP contribution is -1.95. The van der Waals surface area contributed by atoms with Crippen molar-refractivity contribution in [1.29, 1.82) is 0 Å². The molecule has 0 aliphatic rings. The topological polar surface area (TPSA) is 26.3 Å². The molecule has 2 nitrogen and oxygen atoms in total. The summed E-state index contributed by atoms with van der Waals surface area (Å²) in [5, 5.41) is 0. The van der Waals surface area contributed by atoms with Crippen LogP contribution in [0.1, 0.15) is 21.5 Å². The lowest BCUT2D eigenvalue weighted by molar-refractivity contribution is 0.104. The van der Waals surface area contributed by atoms with Gasteiger partial charge < -0.3 is 4.74 Å². The summed E-state index contributed by atoms with van der Waals surface area (Å²) in [7, 11) is 0. The Labute approximate surface area is 155 Å². The molecule has 124 valence electrons. The van der Waals surface area contributed by atoms with Gasteiger partial charge in [0.25, 0.3) is 0 Å². The van der Waals surface area contributed by atoms with Crippen molar-refractivity contribution < 1.29 is 9.53 Å². The molecule has 0 heterocycles. The highest BCUT2D eigenvalue weighted by atomic mass is 79.9. The molecule has 0 radical (unpaired) electrons. The van der Waals surface area contributed by atoms with E-state index in [-0.39, 0.29) is 5.78 Å². The van der Waals surface area contributed by atoms with Crippen LogP contribution in [0.4, 0.5) is 0 Å². The summed E-state index contributed by atoms with van der Waals surface area (Å²) in [6, 6.07) is 25.1. The highest BCUT2D eigenvalue weighted by Crippen LogP contribution is 2.16. The zero-order valence-electron chi connectivity index (χ0n) is 13.6. The lowest BCUT2D eigenvalue weighted by atomic mass is 10.1. The van der Waals surface area contributed by atoms with Gasteiger partial charge in [-0.3, -0.25) is 4.79 Å². The smallest absolute Gasteiger partial charge is 0.185 e. The number of carbonyl (C=O) groups excluding carboxylic acids is 1. The molecule has 0 unspecified atom stereocenters. The van der Waals surface area contributed by atoms with E-state index in [0.717, 1.165) is 21.3 Å². The molecule has 0 spiro atoms. The molecule has 3 aromatic carbocycles. The number of ketones is 1. The first-order valence-electron chi connectivity index (χ1n) is 7.95. The van der Waals surface area contributed by atoms with Gasteiger partial charge in [-0.2, -0.15) is 0 Å². The first kappa shape index (κ1) is 17.2. The maximum atomic E-state index is 12.1. The average molecular weight is 393 g/mol. The summed E-state index contributed by atoms with van der Waals surface area (Å²) in [5.41, 5.74) is 2.76. The van der Waals surface area contributed by atoms with Crippen molar-refractivity contribution in [3.05, 3.63) is 106 Å². The Bertz CT molecular complexity index is 851. The number of ether oxygens (including phenoxy) is 1. The third-order valence-electron chi connectivity index (χ3n) is 3.68. The highest BCUT2D eigenvalue weighted by Gasteiger charge is 2.01. The van der Waals surface area contributed by atoms with E-state index >= 15 is 0 Å². The van der Waals surface area contributed by atoms with Gasteiger partial charge in [0, 0.05) is 10.0 Å².